The number of nitrogens with one attached hydrogen (secondary N) is 1. The van der Waals surface area contributed by atoms with Crippen molar-refractivity contribution in [3.05, 3.63) is 69.8 Å². The number of rotatable bonds is 5. The number of fused-ring (bicyclic) bond motifs is 1. The molecule has 1 heterocycles. The van der Waals surface area contributed by atoms with Crippen molar-refractivity contribution in [2.75, 3.05) is 7.11 Å². The zero-order chi connectivity index (χ0) is 17.1. The van der Waals surface area contributed by atoms with Crippen molar-refractivity contribution in [1.29, 1.82) is 0 Å². The fourth-order valence-corrected chi connectivity index (χ4v) is 2.53. The Morgan fingerprint density at radius 3 is 2.79 bits per heavy atom. The summed E-state index contributed by atoms with van der Waals surface area (Å²) in [7, 11) is 1.61. The van der Waals surface area contributed by atoms with E-state index >= 15 is 0 Å². The van der Waals surface area contributed by atoms with Crippen LogP contribution in [0.15, 0.2) is 47.3 Å². The van der Waals surface area contributed by atoms with E-state index in [0.717, 1.165) is 11.3 Å². The minimum Gasteiger partial charge on any atom is -0.497 e. The molecule has 0 amide bonds. The SMILES string of the molecule is COc1cccc(CCc2nc3cc(C(=O)O)ccc3c(=O)[nH]2)c1. The van der Waals surface area contributed by atoms with Gasteiger partial charge < -0.3 is 14.8 Å². The average molecular weight is 324 g/mol. The Morgan fingerprint density at radius 1 is 1.21 bits per heavy atom. The highest BCUT2D eigenvalue weighted by Gasteiger charge is 2.09. The highest BCUT2D eigenvalue weighted by Crippen LogP contribution is 2.15. The molecule has 0 radical (unpaired) electrons. The van der Waals surface area contributed by atoms with E-state index in [-0.39, 0.29) is 11.1 Å². The fraction of sp³-hybridized carbons (Fsp3) is 0.167. The third-order valence-corrected chi connectivity index (χ3v) is 3.79. The molecule has 0 aliphatic carbocycles. The first-order valence-corrected chi connectivity index (χ1v) is 7.46. The molecule has 122 valence electrons. The normalized spacial score (nSPS) is 10.7. The molecule has 1 aromatic heterocycles. The number of aromatic amines is 1. The minimum atomic E-state index is -1.04. The molecule has 24 heavy (non-hydrogen) atoms. The highest BCUT2D eigenvalue weighted by atomic mass is 16.5. The van der Waals surface area contributed by atoms with E-state index in [2.05, 4.69) is 9.97 Å². The summed E-state index contributed by atoms with van der Waals surface area (Å²) in [5.74, 6) is 0.258. The van der Waals surface area contributed by atoms with Gasteiger partial charge in [-0.25, -0.2) is 9.78 Å². The van der Waals surface area contributed by atoms with Crippen LogP contribution >= 0.6 is 0 Å². The van der Waals surface area contributed by atoms with Crippen molar-refractivity contribution < 1.29 is 14.6 Å². The van der Waals surface area contributed by atoms with Gasteiger partial charge in [0.05, 0.1) is 23.6 Å². The number of hydrogen-bond donors (Lipinski definition) is 2. The number of hydrogen-bond acceptors (Lipinski definition) is 4. The smallest absolute Gasteiger partial charge is 0.335 e. The van der Waals surface area contributed by atoms with Crippen molar-refractivity contribution in [2.45, 2.75) is 12.8 Å². The lowest BCUT2D eigenvalue weighted by Gasteiger charge is -2.06. The number of H-pyrrole nitrogens is 1. The molecule has 0 aliphatic rings. The van der Waals surface area contributed by atoms with Crippen LogP contribution in [0.25, 0.3) is 10.9 Å². The summed E-state index contributed by atoms with van der Waals surface area (Å²) >= 11 is 0. The molecule has 0 fully saturated rings. The molecule has 0 aliphatic heterocycles. The molecule has 2 N–H and O–H groups in total. The topological polar surface area (TPSA) is 92.3 Å². The summed E-state index contributed by atoms with van der Waals surface area (Å²) in [6.45, 7) is 0. The van der Waals surface area contributed by atoms with Gasteiger partial charge in [0.1, 0.15) is 11.6 Å². The largest absolute Gasteiger partial charge is 0.497 e. The van der Waals surface area contributed by atoms with Gasteiger partial charge in [-0.15, -0.1) is 0 Å². The standard InChI is InChI=1S/C18H16N2O4/c1-24-13-4-2-3-11(9-13)5-8-16-19-15-10-12(18(22)23)6-7-14(15)17(21)20-16/h2-4,6-7,9-10H,5,8H2,1H3,(H,22,23)(H,19,20,21). The van der Waals surface area contributed by atoms with Crippen LogP contribution in [0.1, 0.15) is 21.7 Å². The lowest BCUT2D eigenvalue weighted by atomic mass is 10.1. The number of carboxylic acid groups (broad SMARTS) is 1. The van der Waals surface area contributed by atoms with Crippen LogP contribution in [0, 0.1) is 0 Å². The van der Waals surface area contributed by atoms with Gasteiger partial charge in [0.2, 0.25) is 0 Å². The van der Waals surface area contributed by atoms with Crippen LogP contribution in [0.3, 0.4) is 0 Å². The molecule has 0 atom stereocenters. The Morgan fingerprint density at radius 2 is 2.04 bits per heavy atom. The number of aromatic nitrogens is 2. The summed E-state index contributed by atoms with van der Waals surface area (Å²) in [5, 5.41) is 9.44. The van der Waals surface area contributed by atoms with Crippen LogP contribution in [0.4, 0.5) is 0 Å². The van der Waals surface area contributed by atoms with Gasteiger partial charge >= 0.3 is 5.97 Å². The summed E-state index contributed by atoms with van der Waals surface area (Å²) in [4.78, 5) is 30.3. The van der Waals surface area contributed by atoms with Crippen LogP contribution in [-0.2, 0) is 12.8 Å². The van der Waals surface area contributed by atoms with E-state index in [4.69, 9.17) is 9.84 Å². The maximum atomic E-state index is 12.1. The number of aromatic carboxylic acids is 1. The summed E-state index contributed by atoms with van der Waals surface area (Å²) in [5.41, 5.74) is 1.30. The zero-order valence-corrected chi connectivity index (χ0v) is 13.1. The number of benzene rings is 2. The maximum Gasteiger partial charge on any atom is 0.335 e. The molecule has 0 saturated carbocycles. The molecule has 0 unspecified atom stereocenters. The molecular formula is C18H16N2O4. The van der Waals surface area contributed by atoms with Crippen molar-refractivity contribution in [3.8, 4) is 5.75 Å². The van der Waals surface area contributed by atoms with E-state index < -0.39 is 5.97 Å². The highest BCUT2D eigenvalue weighted by molar-refractivity contribution is 5.92. The van der Waals surface area contributed by atoms with Crippen LogP contribution < -0.4 is 10.3 Å². The Kier molecular flexibility index (Phi) is 4.29. The van der Waals surface area contributed by atoms with E-state index in [1.807, 2.05) is 24.3 Å². The van der Waals surface area contributed by atoms with E-state index in [1.54, 1.807) is 7.11 Å². The molecule has 0 bridgehead atoms. The van der Waals surface area contributed by atoms with E-state index in [0.29, 0.717) is 29.6 Å². The molecular weight excluding hydrogens is 308 g/mol. The maximum absolute atomic E-state index is 12.1. The van der Waals surface area contributed by atoms with Crippen molar-refractivity contribution >= 4 is 16.9 Å². The van der Waals surface area contributed by atoms with Crippen LogP contribution in [0.2, 0.25) is 0 Å². The Bertz CT molecular complexity index is 963. The Hall–Kier alpha value is -3.15. The quantitative estimate of drug-likeness (QED) is 0.752. The number of ether oxygens (including phenoxy) is 1. The molecule has 3 aromatic rings. The Balaban J connectivity index is 1.89. The summed E-state index contributed by atoms with van der Waals surface area (Å²) in [6, 6.07) is 12.0. The van der Waals surface area contributed by atoms with Crippen molar-refractivity contribution in [1.82, 2.24) is 9.97 Å². The average Bonchev–Trinajstić information content (AvgIpc) is 2.59. The number of carbonyl (C=O) groups is 1. The second kappa shape index (κ2) is 6.54. The first-order chi connectivity index (χ1) is 11.6. The third kappa shape index (κ3) is 3.27. The van der Waals surface area contributed by atoms with Crippen LogP contribution in [0.5, 0.6) is 5.75 Å². The Labute approximate surface area is 137 Å². The first-order valence-electron chi connectivity index (χ1n) is 7.46. The van der Waals surface area contributed by atoms with Crippen LogP contribution in [-0.4, -0.2) is 28.2 Å². The monoisotopic (exact) mass is 324 g/mol. The van der Waals surface area contributed by atoms with Gasteiger partial charge in [-0.05, 0) is 42.3 Å². The molecule has 0 saturated heterocycles. The second-order valence-electron chi connectivity index (χ2n) is 5.40. The van der Waals surface area contributed by atoms with Crippen molar-refractivity contribution in [2.24, 2.45) is 0 Å². The molecule has 0 spiro atoms. The number of methoxy groups -OCH3 is 1. The number of carboxylic acids is 1. The van der Waals surface area contributed by atoms with Crippen molar-refractivity contribution in [3.63, 3.8) is 0 Å². The molecule has 3 rings (SSSR count). The summed E-state index contributed by atoms with van der Waals surface area (Å²) < 4.78 is 5.19. The third-order valence-electron chi connectivity index (χ3n) is 3.79. The second-order valence-corrected chi connectivity index (χ2v) is 5.40. The van der Waals surface area contributed by atoms with E-state index in [1.165, 1.54) is 18.2 Å². The van der Waals surface area contributed by atoms with Gasteiger partial charge in [0, 0.05) is 6.42 Å². The lowest BCUT2D eigenvalue weighted by molar-refractivity contribution is 0.0697. The van der Waals surface area contributed by atoms with E-state index in [9.17, 15) is 9.59 Å². The number of nitrogens with zero attached hydrogens (tertiary/aromatic N) is 1. The van der Waals surface area contributed by atoms with Gasteiger partial charge in [-0.2, -0.15) is 0 Å². The van der Waals surface area contributed by atoms with Gasteiger partial charge in [-0.1, -0.05) is 12.1 Å². The van der Waals surface area contributed by atoms with Gasteiger partial charge in [-0.3, -0.25) is 4.79 Å². The molecule has 6 nitrogen and oxygen atoms in total. The predicted molar refractivity (Wildman–Crippen MR) is 89.7 cm³/mol. The van der Waals surface area contributed by atoms with Gasteiger partial charge in [0.25, 0.3) is 5.56 Å². The predicted octanol–water partition coefficient (Wildman–Crippen LogP) is 2.42. The minimum absolute atomic E-state index is 0.111. The summed E-state index contributed by atoms with van der Waals surface area (Å²) in [6.07, 6.45) is 1.22. The molecule has 2 aromatic carbocycles. The zero-order valence-electron chi connectivity index (χ0n) is 13.1. The number of aryl methyl sites for hydroxylation is 2. The first kappa shape index (κ1) is 15.7. The van der Waals surface area contributed by atoms with Gasteiger partial charge in [0.15, 0.2) is 0 Å². The fourth-order valence-electron chi connectivity index (χ4n) is 2.53. The lowest BCUT2D eigenvalue weighted by Crippen LogP contribution is -2.13. The molecule has 6 heteroatoms.